The van der Waals surface area contributed by atoms with E-state index in [1.165, 1.54) is 24.6 Å². The first-order valence-electron chi connectivity index (χ1n) is 10.6. The number of aromatic nitrogens is 1. The van der Waals surface area contributed by atoms with E-state index in [2.05, 4.69) is 0 Å². The first kappa shape index (κ1) is 20.3. The number of hydrogen-bond donors (Lipinski definition) is 0. The molecule has 0 N–H and O–H groups in total. The van der Waals surface area contributed by atoms with Gasteiger partial charge in [-0.25, -0.2) is 8.78 Å². The standard InChI is InChI=1S/C25H26F2N2O/c26-20-9-6-8-19(16-20)17-28-15-7-12-22(28)18-29(21-10-2-1-3-11-21)25(30)23-13-4-5-14-24(23)27/h4-9,12-16,21H,1-3,10-11,17-18H2. The van der Waals surface area contributed by atoms with E-state index in [4.69, 9.17) is 0 Å². The molecule has 0 saturated heterocycles. The van der Waals surface area contributed by atoms with Crippen molar-refractivity contribution in [3.05, 3.63) is 95.3 Å². The van der Waals surface area contributed by atoms with Gasteiger partial charge in [0.25, 0.3) is 5.91 Å². The summed E-state index contributed by atoms with van der Waals surface area (Å²) in [6.45, 7) is 0.923. The molecule has 1 heterocycles. The van der Waals surface area contributed by atoms with Crippen LogP contribution < -0.4 is 0 Å². The molecule has 0 unspecified atom stereocenters. The fourth-order valence-corrected chi connectivity index (χ4v) is 4.30. The minimum atomic E-state index is -0.488. The van der Waals surface area contributed by atoms with Crippen LogP contribution in [0.4, 0.5) is 8.78 Å². The van der Waals surface area contributed by atoms with Crippen LogP contribution in [0.2, 0.25) is 0 Å². The molecule has 3 nitrogen and oxygen atoms in total. The van der Waals surface area contributed by atoms with Crippen LogP contribution in [0, 0.1) is 11.6 Å². The third-order valence-electron chi connectivity index (χ3n) is 5.88. The van der Waals surface area contributed by atoms with Crippen LogP contribution >= 0.6 is 0 Å². The molecule has 0 radical (unpaired) electrons. The van der Waals surface area contributed by atoms with Gasteiger partial charge in [-0.1, -0.05) is 43.5 Å². The summed E-state index contributed by atoms with van der Waals surface area (Å²) in [7, 11) is 0. The second-order valence-electron chi connectivity index (χ2n) is 7.96. The van der Waals surface area contributed by atoms with Crippen molar-refractivity contribution in [2.24, 2.45) is 0 Å². The quantitative estimate of drug-likeness (QED) is 0.507. The Morgan fingerprint density at radius 1 is 0.967 bits per heavy atom. The molecular formula is C25H26F2N2O. The minimum absolute atomic E-state index is 0.100. The van der Waals surface area contributed by atoms with Gasteiger partial charge in [-0.15, -0.1) is 0 Å². The average molecular weight is 408 g/mol. The van der Waals surface area contributed by atoms with E-state index in [1.807, 2.05) is 33.9 Å². The summed E-state index contributed by atoms with van der Waals surface area (Å²) >= 11 is 0. The zero-order valence-electron chi connectivity index (χ0n) is 16.9. The Morgan fingerprint density at radius 2 is 1.77 bits per heavy atom. The molecule has 1 aromatic heterocycles. The van der Waals surface area contributed by atoms with Crippen molar-refractivity contribution in [1.29, 1.82) is 0 Å². The second kappa shape index (κ2) is 9.24. The van der Waals surface area contributed by atoms with Crippen molar-refractivity contribution < 1.29 is 13.6 Å². The highest BCUT2D eigenvalue weighted by molar-refractivity contribution is 5.94. The highest BCUT2D eigenvalue weighted by Gasteiger charge is 2.28. The summed E-state index contributed by atoms with van der Waals surface area (Å²) in [5.74, 6) is -1.02. The number of benzene rings is 2. The first-order valence-corrected chi connectivity index (χ1v) is 10.6. The van der Waals surface area contributed by atoms with E-state index in [0.717, 1.165) is 36.9 Å². The lowest BCUT2D eigenvalue weighted by atomic mass is 9.93. The van der Waals surface area contributed by atoms with Crippen molar-refractivity contribution in [3.8, 4) is 0 Å². The zero-order valence-corrected chi connectivity index (χ0v) is 16.9. The van der Waals surface area contributed by atoms with Crippen LogP contribution in [0.3, 0.4) is 0 Å². The molecule has 1 fully saturated rings. The Bertz CT molecular complexity index is 1010. The molecule has 1 saturated carbocycles. The van der Waals surface area contributed by atoms with Crippen LogP contribution in [0.5, 0.6) is 0 Å². The van der Waals surface area contributed by atoms with Crippen LogP contribution in [0.15, 0.2) is 66.9 Å². The van der Waals surface area contributed by atoms with E-state index in [-0.39, 0.29) is 23.3 Å². The lowest BCUT2D eigenvalue weighted by Gasteiger charge is -2.35. The highest BCUT2D eigenvalue weighted by atomic mass is 19.1. The third kappa shape index (κ3) is 4.61. The molecule has 1 aliphatic carbocycles. The van der Waals surface area contributed by atoms with Crippen molar-refractivity contribution >= 4 is 5.91 Å². The normalized spacial score (nSPS) is 14.6. The predicted molar refractivity (Wildman–Crippen MR) is 113 cm³/mol. The largest absolute Gasteiger partial charge is 0.345 e. The summed E-state index contributed by atoms with van der Waals surface area (Å²) in [5.41, 5.74) is 1.93. The number of hydrogen-bond acceptors (Lipinski definition) is 1. The average Bonchev–Trinajstić information content (AvgIpc) is 3.19. The van der Waals surface area contributed by atoms with Gasteiger partial charge in [0.15, 0.2) is 0 Å². The molecule has 0 aliphatic heterocycles. The molecule has 3 aromatic rings. The lowest BCUT2D eigenvalue weighted by molar-refractivity contribution is 0.0604. The van der Waals surface area contributed by atoms with Gasteiger partial charge < -0.3 is 9.47 Å². The van der Waals surface area contributed by atoms with Gasteiger partial charge in [-0.05, 0) is 54.8 Å². The van der Waals surface area contributed by atoms with E-state index in [1.54, 1.807) is 24.3 Å². The van der Waals surface area contributed by atoms with E-state index in [9.17, 15) is 13.6 Å². The predicted octanol–water partition coefficient (Wildman–Crippen LogP) is 5.79. The van der Waals surface area contributed by atoms with Gasteiger partial charge >= 0.3 is 0 Å². The molecule has 30 heavy (non-hydrogen) atoms. The fraction of sp³-hybridized carbons (Fsp3) is 0.320. The van der Waals surface area contributed by atoms with Gasteiger partial charge in [0.05, 0.1) is 12.1 Å². The van der Waals surface area contributed by atoms with Crippen LogP contribution in [0.1, 0.15) is 53.7 Å². The Labute approximate surface area is 175 Å². The Hall–Kier alpha value is -2.95. The number of nitrogens with zero attached hydrogens (tertiary/aromatic N) is 2. The fourth-order valence-electron chi connectivity index (χ4n) is 4.30. The first-order chi connectivity index (χ1) is 14.6. The van der Waals surface area contributed by atoms with Crippen molar-refractivity contribution in [3.63, 3.8) is 0 Å². The summed E-state index contributed by atoms with van der Waals surface area (Å²) in [6.07, 6.45) is 7.14. The number of carbonyl (C=O) groups excluding carboxylic acids is 1. The van der Waals surface area contributed by atoms with Gasteiger partial charge in [-0.3, -0.25) is 4.79 Å². The zero-order chi connectivity index (χ0) is 20.9. The van der Waals surface area contributed by atoms with Gasteiger partial charge in [0, 0.05) is 24.5 Å². The summed E-state index contributed by atoms with van der Waals surface area (Å²) in [6, 6.07) is 16.7. The molecule has 2 aromatic carbocycles. The molecular weight excluding hydrogens is 382 g/mol. The molecule has 4 rings (SSSR count). The van der Waals surface area contributed by atoms with E-state index < -0.39 is 5.82 Å². The molecule has 0 atom stereocenters. The van der Waals surface area contributed by atoms with Crippen LogP contribution in [0.25, 0.3) is 0 Å². The van der Waals surface area contributed by atoms with Gasteiger partial charge in [-0.2, -0.15) is 0 Å². The monoisotopic (exact) mass is 408 g/mol. The topological polar surface area (TPSA) is 25.2 Å². The smallest absolute Gasteiger partial charge is 0.257 e. The van der Waals surface area contributed by atoms with Crippen molar-refractivity contribution in [2.75, 3.05) is 0 Å². The third-order valence-corrected chi connectivity index (χ3v) is 5.88. The maximum Gasteiger partial charge on any atom is 0.257 e. The van der Waals surface area contributed by atoms with E-state index >= 15 is 0 Å². The number of amides is 1. The number of rotatable bonds is 6. The highest BCUT2D eigenvalue weighted by Crippen LogP contribution is 2.26. The molecule has 0 bridgehead atoms. The van der Waals surface area contributed by atoms with Crippen LogP contribution in [-0.4, -0.2) is 21.4 Å². The molecule has 1 aliphatic rings. The summed E-state index contributed by atoms with van der Waals surface area (Å²) in [4.78, 5) is 15.2. The second-order valence-corrected chi connectivity index (χ2v) is 7.96. The Balaban J connectivity index is 1.60. The summed E-state index contributed by atoms with van der Waals surface area (Å²) < 4.78 is 30.0. The van der Waals surface area contributed by atoms with Gasteiger partial charge in [0.1, 0.15) is 11.6 Å². The molecule has 156 valence electrons. The number of carbonyl (C=O) groups is 1. The molecule has 1 amide bonds. The maximum absolute atomic E-state index is 14.4. The molecule has 5 heteroatoms. The van der Waals surface area contributed by atoms with Crippen molar-refractivity contribution in [2.45, 2.75) is 51.2 Å². The molecule has 0 spiro atoms. The van der Waals surface area contributed by atoms with Crippen molar-refractivity contribution in [1.82, 2.24) is 9.47 Å². The Kier molecular flexibility index (Phi) is 6.26. The summed E-state index contributed by atoms with van der Waals surface area (Å²) in [5, 5.41) is 0. The van der Waals surface area contributed by atoms with Crippen LogP contribution in [-0.2, 0) is 13.1 Å². The Morgan fingerprint density at radius 3 is 2.53 bits per heavy atom. The maximum atomic E-state index is 14.4. The SMILES string of the molecule is O=C(c1ccccc1F)N(Cc1cccn1Cc1cccc(F)c1)C1CCCCC1. The number of halogens is 2. The van der Waals surface area contributed by atoms with E-state index in [0.29, 0.717) is 13.1 Å². The van der Waals surface area contributed by atoms with Gasteiger partial charge in [0.2, 0.25) is 0 Å². The minimum Gasteiger partial charge on any atom is -0.345 e. The lowest BCUT2D eigenvalue weighted by Crippen LogP contribution is -2.41.